The largest absolute Gasteiger partial charge is 0.345 e. The van der Waals surface area contributed by atoms with E-state index >= 15 is 0 Å². The molecule has 0 bridgehead atoms. The summed E-state index contributed by atoms with van der Waals surface area (Å²) in [6, 6.07) is 4.42. The highest BCUT2D eigenvalue weighted by Gasteiger charge is 2.65. The van der Waals surface area contributed by atoms with Crippen LogP contribution in [0.25, 0.3) is 0 Å². The van der Waals surface area contributed by atoms with Crippen molar-refractivity contribution >= 4 is 23.2 Å². The lowest BCUT2D eigenvalue weighted by molar-refractivity contribution is -0.141. The number of hydrogen-bond acceptors (Lipinski definition) is 4. The first-order chi connectivity index (χ1) is 12.4. The highest BCUT2D eigenvalue weighted by Crippen LogP contribution is 2.57. The molecule has 0 aromatic carbocycles. The Morgan fingerprint density at radius 3 is 2.42 bits per heavy atom. The zero-order valence-corrected chi connectivity index (χ0v) is 16.9. The van der Waals surface area contributed by atoms with Crippen LogP contribution >= 0.6 is 11.3 Å². The van der Waals surface area contributed by atoms with Crippen molar-refractivity contribution in [2.45, 2.75) is 39.7 Å². The normalized spacial score (nSPS) is 28.7. The number of carbonyl (C=O) groups excluding carboxylic acids is 2. The van der Waals surface area contributed by atoms with Gasteiger partial charge in [-0.3, -0.25) is 14.5 Å². The molecular formula is C20H29N3O2S. The molecule has 4 heterocycles. The van der Waals surface area contributed by atoms with Crippen molar-refractivity contribution in [2.24, 2.45) is 10.8 Å². The van der Waals surface area contributed by atoms with Gasteiger partial charge in [-0.15, -0.1) is 11.3 Å². The van der Waals surface area contributed by atoms with Crippen LogP contribution in [0, 0.1) is 17.8 Å². The fraction of sp³-hybridized carbons (Fsp3) is 0.700. The number of nitrogens with zero attached hydrogens (tertiary/aromatic N) is 3. The summed E-state index contributed by atoms with van der Waals surface area (Å²) >= 11 is 1.87. The summed E-state index contributed by atoms with van der Waals surface area (Å²) in [6.45, 7) is 9.03. The molecule has 26 heavy (non-hydrogen) atoms. The molecule has 142 valence electrons. The molecule has 1 atom stereocenters. The average molecular weight is 376 g/mol. The Hall–Kier alpha value is -1.40. The Morgan fingerprint density at radius 2 is 1.88 bits per heavy atom. The van der Waals surface area contributed by atoms with Crippen LogP contribution in [-0.2, 0) is 16.1 Å². The first kappa shape index (κ1) is 18.0. The number of carbonyl (C=O) groups is 2. The predicted octanol–water partition coefficient (Wildman–Crippen LogP) is 2.35. The maximum atomic E-state index is 13.1. The highest BCUT2D eigenvalue weighted by atomic mass is 32.1. The number of hydrogen-bond donors (Lipinski definition) is 0. The van der Waals surface area contributed by atoms with Crippen molar-refractivity contribution in [1.82, 2.24) is 14.7 Å². The molecule has 0 N–H and O–H groups in total. The lowest BCUT2D eigenvalue weighted by atomic mass is 9.60. The van der Waals surface area contributed by atoms with Crippen LogP contribution in [0.2, 0.25) is 0 Å². The first-order valence-corrected chi connectivity index (χ1v) is 10.5. The van der Waals surface area contributed by atoms with Crippen LogP contribution in [-0.4, -0.2) is 66.3 Å². The maximum absolute atomic E-state index is 13.1. The van der Waals surface area contributed by atoms with Gasteiger partial charge in [0, 0.05) is 55.3 Å². The molecule has 3 fully saturated rings. The van der Waals surface area contributed by atoms with E-state index in [0.29, 0.717) is 6.54 Å². The molecular weight excluding hydrogens is 346 g/mol. The Balaban J connectivity index is 1.53. The number of likely N-dealkylation sites (tertiary alicyclic amines) is 3. The Morgan fingerprint density at radius 1 is 1.15 bits per heavy atom. The third-order valence-electron chi connectivity index (χ3n) is 7.03. The van der Waals surface area contributed by atoms with E-state index in [2.05, 4.69) is 24.0 Å². The highest BCUT2D eigenvalue weighted by molar-refractivity contribution is 7.11. The van der Waals surface area contributed by atoms with Crippen molar-refractivity contribution in [1.29, 1.82) is 0 Å². The number of amides is 2. The summed E-state index contributed by atoms with van der Waals surface area (Å²) in [5.74, 6) is 0.378. The standard InChI is InChI=1S/C20H29N3O2S/c1-15-4-5-17(26-15)12-22-10-6-19(7-11-22)13-23(16(2)24)14-20(19)8-9-21(3)18(20)25/h4-5H,6-14H2,1-3H3. The predicted molar refractivity (Wildman–Crippen MR) is 103 cm³/mol. The molecule has 1 unspecified atom stereocenters. The second-order valence-corrected chi connectivity index (χ2v) is 9.88. The van der Waals surface area contributed by atoms with E-state index in [9.17, 15) is 9.59 Å². The van der Waals surface area contributed by atoms with E-state index in [1.54, 1.807) is 6.92 Å². The third kappa shape index (κ3) is 2.69. The van der Waals surface area contributed by atoms with Crippen LogP contribution in [0.4, 0.5) is 0 Å². The van der Waals surface area contributed by atoms with Crippen LogP contribution in [0.3, 0.4) is 0 Å². The molecule has 6 heteroatoms. The van der Waals surface area contributed by atoms with Crippen molar-refractivity contribution in [3.63, 3.8) is 0 Å². The lowest BCUT2D eigenvalue weighted by Gasteiger charge is -2.46. The van der Waals surface area contributed by atoms with Crippen LogP contribution < -0.4 is 0 Å². The monoisotopic (exact) mass is 375 g/mol. The molecule has 3 aliphatic rings. The zero-order chi connectivity index (χ0) is 18.5. The molecule has 4 rings (SSSR count). The fourth-order valence-corrected chi connectivity index (χ4v) is 6.36. The molecule has 2 spiro atoms. The quantitative estimate of drug-likeness (QED) is 0.797. The number of rotatable bonds is 2. The van der Waals surface area contributed by atoms with Gasteiger partial charge >= 0.3 is 0 Å². The molecule has 5 nitrogen and oxygen atoms in total. The van der Waals surface area contributed by atoms with Crippen LogP contribution in [0.15, 0.2) is 12.1 Å². The van der Waals surface area contributed by atoms with Gasteiger partial charge in [0.1, 0.15) is 0 Å². The zero-order valence-electron chi connectivity index (χ0n) is 16.1. The summed E-state index contributed by atoms with van der Waals surface area (Å²) in [4.78, 5) is 34.3. The smallest absolute Gasteiger partial charge is 0.231 e. The van der Waals surface area contributed by atoms with Gasteiger partial charge in [0.15, 0.2) is 0 Å². The number of aryl methyl sites for hydroxylation is 1. The Kier molecular flexibility index (Phi) is 4.39. The maximum Gasteiger partial charge on any atom is 0.231 e. The van der Waals surface area contributed by atoms with Gasteiger partial charge < -0.3 is 9.80 Å². The molecule has 1 aromatic rings. The summed E-state index contributed by atoms with van der Waals surface area (Å²) < 4.78 is 0. The Labute approximate surface area is 159 Å². The van der Waals surface area contributed by atoms with Gasteiger partial charge in [0.2, 0.25) is 11.8 Å². The van der Waals surface area contributed by atoms with E-state index in [1.165, 1.54) is 9.75 Å². The minimum Gasteiger partial charge on any atom is -0.345 e. The molecule has 2 amide bonds. The molecule has 3 saturated heterocycles. The van der Waals surface area contributed by atoms with Crippen LogP contribution in [0.1, 0.15) is 35.9 Å². The molecule has 0 saturated carbocycles. The second-order valence-electron chi connectivity index (χ2n) is 8.50. The molecule has 1 aromatic heterocycles. The van der Waals surface area contributed by atoms with Crippen molar-refractivity contribution < 1.29 is 9.59 Å². The summed E-state index contributed by atoms with van der Waals surface area (Å²) in [7, 11) is 1.91. The second kappa shape index (κ2) is 6.34. The Bertz CT molecular complexity index is 722. The summed E-state index contributed by atoms with van der Waals surface area (Å²) in [5.41, 5.74) is -0.387. The summed E-state index contributed by atoms with van der Waals surface area (Å²) in [5, 5.41) is 0. The van der Waals surface area contributed by atoms with E-state index in [4.69, 9.17) is 0 Å². The molecule has 3 aliphatic heterocycles. The third-order valence-corrected chi connectivity index (χ3v) is 8.02. The van der Waals surface area contributed by atoms with Gasteiger partial charge in [0.05, 0.1) is 5.41 Å². The van der Waals surface area contributed by atoms with E-state index in [-0.39, 0.29) is 22.6 Å². The number of piperidine rings is 1. The van der Waals surface area contributed by atoms with Gasteiger partial charge in [0.25, 0.3) is 0 Å². The average Bonchev–Trinajstić information content (AvgIpc) is 3.25. The minimum absolute atomic E-state index is 0.0393. The number of thiophene rings is 1. The first-order valence-electron chi connectivity index (χ1n) is 9.64. The van der Waals surface area contributed by atoms with Gasteiger partial charge in [-0.2, -0.15) is 0 Å². The van der Waals surface area contributed by atoms with Crippen molar-refractivity contribution in [3.8, 4) is 0 Å². The fourth-order valence-electron chi connectivity index (χ4n) is 5.43. The van der Waals surface area contributed by atoms with Gasteiger partial charge in [-0.25, -0.2) is 0 Å². The topological polar surface area (TPSA) is 43.9 Å². The lowest BCUT2D eigenvalue weighted by Crippen LogP contribution is -2.52. The van der Waals surface area contributed by atoms with Gasteiger partial charge in [-0.05, 0) is 51.4 Å². The molecule has 0 radical (unpaired) electrons. The van der Waals surface area contributed by atoms with E-state index in [1.807, 2.05) is 28.2 Å². The molecule has 0 aliphatic carbocycles. The summed E-state index contributed by atoms with van der Waals surface area (Å²) in [6.07, 6.45) is 2.93. The SMILES string of the molecule is CC(=O)N1CC2(CCN(Cc3ccc(C)s3)CC2)C2(CCN(C)C2=O)C1. The minimum atomic E-state index is -0.348. The van der Waals surface area contributed by atoms with Gasteiger partial charge in [-0.1, -0.05) is 0 Å². The van der Waals surface area contributed by atoms with Crippen LogP contribution in [0.5, 0.6) is 0 Å². The van der Waals surface area contributed by atoms with E-state index in [0.717, 1.165) is 52.0 Å². The number of fused-ring (bicyclic) bond motifs is 1. The van der Waals surface area contributed by atoms with Crippen molar-refractivity contribution in [3.05, 3.63) is 21.9 Å². The van der Waals surface area contributed by atoms with Crippen molar-refractivity contribution in [2.75, 3.05) is 39.8 Å². The van der Waals surface area contributed by atoms with E-state index < -0.39 is 0 Å².